The molecule has 1 N–H and O–H groups in total. The third kappa shape index (κ3) is 4.35. The van der Waals surface area contributed by atoms with Crippen LogP contribution in [0.15, 0.2) is 36.7 Å². The Morgan fingerprint density at radius 2 is 2.00 bits per heavy atom. The number of hydrogen-bond acceptors (Lipinski definition) is 5. The van der Waals surface area contributed by atoms with E-state index in [1.807, 2.05) is 37.3 Å². The van der Waals surface area contributed by atoms with E-state index in [4.69, 9.17) is 4.74 Å². The molecule has 1 unspecified atom stereocenters. The smallest absolute Gasteiger partial charge is 0.245 e. The molecule has 0 radical (unpaired) electrons. The van der Waals surface area contributed by atoms with Gasteiger partial charge in [-0.3, -0.25) is 4.79 Å². The van der Waals surface area contributed by atoms with Gasteiger partial charge in [-0.25, -0.2) is 14.4 Å². The number of rotatable bonds is 6. The molecule has 138 valence electrons. The lowest BCUT2D eigenvalue weighted by Crippen LogP contribution is -2.49. The summed E-state index contributed by atoms with van der Waals surface area (Å²) in [7, 11) is 0. The Balaban J connectivity index is 1.83. The van der Waals surface area contributed by atoms with Crippen molar-refractivity contribution >= 4 is 11.7 Å². The first-order valence-electron chi connectivity index (χ1n) is 8.85. The largest absolute Gasteiger partial charge is 0.378 e. The van der Waals surface area contributed by atoms with Crippen molar-refractivity contribution in [3.63, 3.8) is 0 Å². The molecule has 1 saturated heterocycles. The normalized spacial score (nSPS) is 15.5. The zero-order valence-electron chi connectivity index (χ0n) is 14.8. The van der Waals surface area contributed by atoms with Crippen molar-refractivity contribution in [2.24, 2.45) is 0 Å². The van der Waals surface area contributed by atoms with Crippen LogP contribution in [0.3, 0.4) is 0 Å². The number of nitrogens with one attached hydrogen (secondary N) is 1. The fourth-order valence-corrected chi connectivity index (χ4v) is 2.97. The molecule has 3 rings (SSSR count). The minimum atomic E-state index is -0.607. The molecular weight excluding hydrogens is 335 g/mol. The SMILES string of the molecule is CCc1ncnc(NC(Cc2ccccc2)C(=O)N2CCOCC2)c1F. The van der Waals surface area contributed by atoms with Crippen LogP contribution in [0, 0.1) is 5.82 Å². The Morgan fingerprint density at radius 1 is 1.27 bits per heavy atom. The van der Waals surface area contributed by atoms with E-state index >= 15 is 0 Å². The summed E-state index contributed by atoms with van der Waals surface area (Å²) in [4.78, 5) is 22.7. The second-order valence-electron chi connectivity index (χ2n) is 6.16. The maximum atomic E-state index is 14.5. The third-order valence-corrected chi connectivity index (χ3v) is 4.41. The number of anilines is 1. The van der Waals surface area contributed by atoms with Crippen molar-refractivity contribution in [2.45, 2.75) is 25.8 Å². The van der Waals surface area contributed by atoms with Crippen LogP contribution >= 0.6 is 0 Å². The van der Waals surface area contributed by atoms with Gasteiger partial charge < -0.3 is 15.0 Å². The summed E-state index contributed by atoms with van der Waals surface area (Å²) in [6, 6.07) is 9.07. The highest BCUT2D eigenvalue weighted by Crippen LogP contribution is 2.17. The van der Waals surface area contributed by atoms with Gasteiger partial charge in [-0.15, -0.1) is 0 Å². The molecule has 1 aliphatic heterocycles. The number of carbonyl (C=O) groups is 1. The zero-order valence-corrected chi connectivity index (χ0v) is 14.8. The Morgan fingerprint density at radius 3 is 2.69 bits per heavy atom. The summed E-state index contributed by atoms with van der Waals surface area (Å²) in [5, 5.41) is 3.01. The average Bonchev–Trinajstić information content (AvgIpc) is 2.70. The number of amides is 1. The number of carbonyl (C=O) groups excluding carboxylic acids is 1. The highest BCUT2D eigenvalue weighted by Gasteiger charge is 2.27. The number of morpholine rings is 1. The van der Waals surface area contributed by atoms with E-state index < -0.39 is 11.9 Å². The first-order chi connectivity index (χ1) is 12.7. The highest BCUT2D eigenvalue weighted by atomic mass is 19.1. The number of nitrogens with zero attached hydrogens (tertiary/aromatic N) is 3. The van der Waals surface area contributed by atoms with Crippen molar-refractivity contribution in [3.05, 3.63) is 53.7 Å². The lowest BCUT2D eigenvalue weighted by atomic mass is 10.0. The van der Waals surface area contributed by atoms with E-state index in [1.165, 1.54) is 6.33 Å². The van der Waals surface area contributed by atoms with E-state index in [-0.39, 0.29) is 11.7 Å². The quantitative estimate of drug-likeness (QED) is 0.856. The molecule has 0 spiro atoms. The van der Waals surface area contributed by atoms with Gasteiger partial charge in [0.15, 0.2) is 11.6 Å². The minimum absolute atomic E-state index is 0.0689. The number of benzene rings is 1. The Kier molecular flexibility index (Phi) is 6.12. The second kappa shape index (κ2) is 8.71. The molecule has 2 heterocycles. The molecular formula is C19H23FN4O2. The van der Waals surface area contributed by atoms with Crippen molar-refractivity contribution in [1.29, 1.82) is 0 Å². The molecule has 7 heteroatoms. The fraction of sp³-hybridized carbons (Fsp3) is 0.421. The molecule has 2 aromatic rings. The predicted octanol–water partition coefficient (Wildman–Crippen LogP) is 2.06. The maximum Gasteiger partial charge on any atom is 0.245 e. The van der Waals surface area contributed by atoms with Crippen molar-refractivity contribution < 1.29 is 13.9 Å². The summed E-state index contributed by atoms with van der Waals surface area (Å²) in [6.07, 6.45) is 2.23. The first-order valence-corrected chi connectivity index (χ1v) is 8.85. The monoisotopic (exact) mass is 358 g/mol. The van der Waals surface area contributed by atoms with E-state index in [9.17, 15) is 9.18 Å². The zero-order chi connectivity index (χ0) is 18.4. The molecule has 0 bridgehead atoms. The summed E-state index contributed by atoms with van der Waals surface area (Å²) in [5.74, 6) is -0.504. The van der Waals surface area contributed by atoms with Crippen molar-refractivity contribution in [2.75, 3.05) is 31.6 Å². The van der Waals surface area contributed by atoms with E-state index in [2.05, 4.69) is 15.3 Å². The fourth-order valence-electron chi connectivity index (χ4n) is 2.97. The lowest BCUT2D eigenvalue weighted by Gasteiger charge is -2.31. The summed E-state index contributed by atoms with van der Waals surface area (Å²) in [6.45, 7) is 3.95. The topological polar surface area (TPSA) is 67.4 Å². The lowest BCUT2D eigenvalue weighted by molar-refractivity contribution is -0.136. The van der Waals surface area contributed by atoms with Crippen LogP contribution in [0.4, 0.5) is 10.2 Å². The molecule has 0 aliphatic carbocycles. The van der Waals surface area contributed by atoms with E-state index in [0.29, 0.717) is 44.8 Å². The predicted molar refractivity (Wildman–Crippen MR) is 96.3 cm³/mol. The van der Waals surface area contributed by atoms with Gasteiger partial charge in [0.05, 0.1) is 18.9 Å². The van der Waals surface area contributed by atoms with Gasteiger partial charge >= 0.3 is 0 Å². The maximum absolute atomic E-state index is 14.5. The van der Waals surface area contributed by atoms with Crippen LogP contribution in [0.5, 0.6) is 0 Å². The standard InChI is InChI=1S/C19H23FN4O2/c1-2-15-17(20)18(22-13-21-15)23-16(12-14-6-4-3-5-7-14)19(25)24-8-10-26-11-9-24/h3-7,13,16H,2,8-12H2,1H3,(H,21,22,23). The molecule has 1 aliphatic rings. The Labute approximate surface area is 152 Å². The molecule has 1 fully saturated rings. The van der Waals surface area contributed by atoms with Crippen LogP contribution in [0.2, 0.25) is 0 Å². The van der Waals surface area contributed by atoms with E-state index in [1.54, 1.807) is 4.90 Å². The summed E-state index contributed by atoms with van der Waals surface area (Å²) < 4.78 is 19.9. The average molecular weight is 358 g/mol. The minimum Gasteiger partial charge on any atom is -0.378 e. The molecule has 1 amide bonds. The van der Waals surface area contributed by atoms with Gasteiger partial charge in [0.1, 0.15) is 12.4 Å². The van der Waals surface area contributed by atoms with Crippen LogP contribution in [-0.2, 0) is 22.4 Å². The summed E-state index contributed by atoms with van der Waals surface area (Å²) in [5.41, 5.74) is 1.33. The molecule has 26 heavy (non-hydrogen) atoms. The van der Waals surface area contributed by atoms with E-state index in [0.717, 1.165) is 5.56 Å². The summed E-state index contributed by atoms with van der Waals surface area (Å²) >= 11 is 0. The molecule has 1 aromatic heterocycles. The number of aryl methyl sites for hydroxylation is 1. The van der Waals surface area contributed by atoms with Gasteiger partial charge in [0.2, 0.25) is 5.91 Å². The van der Waals surface area contributed by atoms with Gasteiger partial charge in [0, 0.05) is 19.5 Å². The Hall–Kier alpha value is -2.54. The van der Waals surface area contributed by atoms with Gasteiger partial charge in [-0.2, -0.15) is 0 Å². The van der Waals surface area contributed by atoms with Crippen LogP contribution in [0.1, 0.15) is 18.2 Å². The van der Waals surface area contributed by atoms with Gasteiger partial charge in [-0.1, -0.05) is 37.3 Å². The van der Waals surface area contributed by atoms with Crippen LogP contribution < -0.4 is 5.32 Å². The van der Waals surface area contributed by atoms with Gasteiger partial charge in [0.25, 0.3) is 0 Å². The Bertz CT molecular complexity index is 736. The highest BCUT2D eigenvalue weighted by molar-refractivity contribution is 5.85. The van der Waals surface area contributed by atoms with Crippen LogP contribution in [0.25, 0.3) is 0 Å². The molecule has 6 nitrogen and oxygen atoms in total. The molecule has 1 atom stereocenters. The number of ether oxygens (including phenoxy) is 1. The molecule has 0 saturated carbocycles. The first kappa shape index (κ1) is 18.3. The van der Waals surface area contributed by atoms with Crippen molar-refractivity contribution in [3.8, 4) is 0 Å². The molecule has 1 aromatic carbocycles. The van der Waals surface area contributed by atoms with Gasteiger partial charge in [-0.05, 0) is 12.0 Å². The van der Waals surface area contributed by atoms with Crippen LogP contribution in [-0.4, -0.2) is 53.1 Å². The number of aromatic nitrogens is 2. The number of halogens is 1. The third-order valence-electron chi connectivity index (χ3n) is 4.41. The van der Waals surface area contributed by atoms with Crippen molar-refractivity contribution in [1.82, 2.24) is 14.9 Å². The second-order valence-corrected chi connectivity index (χ2v) is 6.16. The number of hydrogen-bond donors (Lipinski definition) is 1.